The Morgan fingerprint density at radius 1 is 1.37 bits per heavy atom. The molecule has 0 N–H and O–H groups in total. The van der Waals surface area contributed by atoms with Gasteiger partial charge in [-0.2, -0.15) is 13.2 Å². The van der Waals surface area contributed by atoms with Crippen LogP contribution in [0, 0.1) is 0 Å². The number of nitrogens with zero attached hydrogens (tertiary/aromatic N) is 2. The van der Waals surface area contributed by atoms with E-state index in [0.29, 0.717) is 18.9 Å². The van der Waals surface area contributed by atoms with E-state index in [1.54, 1.807) is 7.11 Å². The van der Waals surface area contributed by atoms with Crippen molar-refractivity contribution in [1.29, 1.82) is 0 Å². The fourth-order valence-corrected chi connectivity index (χ4v) is 2.58. The van der Waals surface area contributed by atoms with E-state index in [1.165, 1.54) is 6.20 Å². The van der Waals surface area contributed by atoms with E-state index < -0.39 is 11.7 Å². The SMILES string of the molecule is COC1CCN(c2cc(C(F)(F)F)c(Br)cn2)CC1. The quantitative estimate of drug-likeness (QED) is 0.825. The normalized spacial score (nSPS) is 17.8. The lowest BCUT2D eigenvalue weighted by atomic mass is 10.1. The molecule has 0 aromatic carbocycles. The number of methoxy groups -OCH3 is 1. The molecule has 1 aromatic heterocycles. The van der Waals surface area contributed by atoms with Crippen LogP contribution in [0.2, 0.25) is 0 Å². The van der Waals surface area contributed by atoms with E-state index in [1.807, 2.05) is 4.90 Å². The lowest BCUT2D eigenvalue weighted by molar-refractivity contribution is -0.138. The zero-order valence-electron chi connectivity index (χ0n) is 10.4. The van der Waals surface area contributed by atoms with Crippen LogP contribution in [0.3, 0.4) is 0 Å². The summed E-state index contributed by atoms with van der Waals surface area (Å²) >= 11 is 2.89. The van der Waals surface area contributed by atoms with E-state index in [-0.39, 0.29) is 10.6 Å². The highest BCUT2D eigenvalue weighted by atomic mass is 79.9. The third kappa shape index (κ3) is 3.39. The van der Waals surface area contributed by atoms with Gasteiger partial charge in [0.25, 0.3) is 0 Å². The Morgan fingerprint density at radius 2 is 2.00 bits per heavy atom. The third-order valence-corrected chi connectivity index (χ3v) is 3.88. The molecule has 0 unspecified atom stereocenters. The fraction of sp³-hybridized carbons (Fsp3) is 0.583. The lowest BCUT2D eigenvalue weighted by Crippen LogP contribution is -2.37. The average Bonchev–Trinajstić information content (AvgIpc) is 2.38. The highest BCUT2D eigenvalue weighted by molar-refractivity contribution is 9.10. The number of rotatable bonds is 2. The molecular weight excluding hydrogens is 325 g/mol. The average molecular weight is 339 g/mol. The van der Waals surface area contributed by atoms with Crippen molar-refractivity contribution in [3.63, 3.8) is 0 Å². The molecule has 7 heteroatoms. The Kier molecular flexibility index (Phi) is 4.35. The zero-order valence-corrected chi connectivity index (χ0v) is 12.0. The maximum absolute atomic E-state index is 12.8. The molecule has 19 heavy (non-hydrogen) atoms. The Hall–Kier alpha value is -0.820. The second kappa shape index (κ2) is 5.66. The van der Waals surface area contributed by atoms with Crippen molar-refractivity contribution in [1.82, 2.24) is 4.98 Å². The van der Waals surface area contributed by atoms with Gasteiger partial charge >= 0.3 is 6.18 Å². The molecule has 2 heterocycles. The summed E-state index contributed by atoms with van der Waals surface area (Å²) < 4.78 is 43.7. The molecule has 0 amide bonds. The summed E-state index contributed by atoms with van der Waals surface area (Å²) in [5.74, 6) is 0.366. The van der Waals surface area contributed by atoms with Crippen molar-refractivity contribution in [3.05, 3.63) is 22.3 Å². The molecule has 1 aliphatic heterocycles. The summed E-state index contributed by atoms with van der Waals surface area (Å²) in [6, 6.07) is 1.09. The van der Waals surface area contributed by atoms with Crippen molar-refractivity contribution in [3.8, 4) is 0 Å². The summed E-state index contributed by atoms with van der Waals surface area (Å²) in [6.07, 6.45) is -1.37. The van der Waals surface area contributed by atoms with Crippen LogP contribution >= 0.6 is 15.9 Å². The molecule has 1 saturated heterocycles. The van der Waals surface area contributed by atoms with Gasteiger partial charge < -0.3 is 9.64 Å². The molecule has 0 bridgehead atoms. The van der Waals surface area contributed by atoms with Crippen LogP contribution in [0.5, 0.6) is 0 Å². The van der Waals surface area contributed by atoms with Crippen LogP contribution in [0.1, 0.15) is 18.4 Å². The molecule has 106 valence electrons. The number of pyridine rings is 1. The highest BCUT2D eigenvalue weighted by Gasteiger charge is 2.34. The number of hydrogen-bond donors (Lipinski definition) is 0. The smallest absolute Gasteiger partial charge is 0.381 e. The largest absolute Gasteiger partial charge is 0.417 e. The molecule has 0 spiro atoms. The molecule has 1 aliphatic rings. The van der Waals surface area contributed by atoms with Crippen molar-refractivity contribution >= 4 is 21.7 Å². The lowest BCUT2D eigenvalue weighted by Gasteiger charge is -2.32. The second-order valence-electron chi connectivity index (χ2n) is 4.44. The minimum absolute atomic E-state index is 0.0319. The summed E-state index contributed by atoms with van der Waals surface area (Å²) in [5.41, 5.74) is -0.689. The molecule has 0 radical (unpaired) electrons. The molecule has 0 saturated carbocycles. The molecule has 1 aromatic rings. The van der Waals surface area contributed by atoms with Crippen molar-refractivity contribution in [2.24, 2.45) is 0 Å². The topological polar surface area (TPSA) is 25.4 Å². The van der Waals surface area contributed by atoms with E-state index in [0.717, 1.165) is 18.9 Å². The van der Waals surface area contributed by atoms with Crippen molar-refractivity contribution in [2.45, 2.75) is 25.1 Å². The summed E-state index contributed by atoms with van der Waals surface area (Å²) in [6.45, 7) is 1.31. The minimum Gasteiger partial charge on any atom is -0.381 e. The number of halogens is 4. The third-order valence-electron chi connectivity index (χ3n) is 3.25. The van der Waals surface area contributed by atoms with Crippen LogP contribution in [-0.2, 0) is 10.9 Å². The first-order valence-electron chi connectivity index (χ1n) is 5.92. The first-order valence-corrected chi connectivity index (χ1v) is 6.71. The first-order chi connectivity index (χ1) is 8.91. The number of alkyl halides is 3. The summed E-state index contributed by atoms with van der Waals surface area (Å²) in [4.78, 5) is 5.92. The number of hydrogen-bond acceptors (Lipinski definition) is 3. The number of anilines is 1. The van der Waals surface area contributed by atoms with Gasteiger partial charge in [0, 0.05) is 30.9 Å². The minimum atomic E-state index is -4.37. The molecule has 2 rings (SSSR count). The second-order valence-corrected chi connectivity index (χ2v) is 5.30. The highest BCUT2D eigenvalue weighted by Crippen LogP contribution is 2.36. The predicted molar refractivity (Wildman–Crippen MR) is 69.2 cm³/mol. The first kappa shape index (κ1) is 14.6. The van der Waals surface area contributed by atoms with Gasteiger partial charge in [0.05, 0.1) is 11.7 Å². The van der Waals surface area contributed by atoms with Gasteiger partial charge in [-0.1, -0.05) is 0 Å². The fourth-order valence-electron chi connectivity index (χ4n) is 2.14. The van der Waals surface area contributed by atoms with E-state index in [2.05, 4.69) is 20.9 Å². The monoisotopic (exact) mass is 338 g/mol. The van der Waals surface area contributed by atoms with Gasteiger partial charge in [-0.3, -0.25) is 0 Å². The van der Waals surface area contributed by atoms with Crippen LogP contribution in [0.15, 0.2) is 16.7 Å². The van der Waals surface area contributed by atoms with E-state index >= 15 is 0 Å². The molecule has 1 fully saturated rings. The number of aromatic nitrogens is 1. The summed E-state index contributed by atoms with van der Waals surface area (Å²) in [5, 5.41) is 0. The van der Waals surface area contributed by atoms with E-state index in [4.69, 9.17) is 4.74 Å². The maximum atomic E-state index is 12.8. The van der Waals surface area contributed by atoms with Crippen LogP contribution in [0.4, 0.5) is 19.0 Å². The number of ether oxygens (including phenoxy) is 1. The van der Waals surface area contributed by atoms with Gasteiger partial charge in [0.2, 0.25) is 0 Å². The standard InChI is InChI=1S/C12H14BrF3N2O/c1-19-8-2-4-18(5-3-8)11-6-9(12(14,15)16)10(13)7-17-11/h6-8H,2-5H2,1H3. The number of piperidine rings is 1. The molecule has 0 atom stereocenters. The van der Waals surface area contributed by atoms with Crippen LogP contribution in [-0.4, -0.2) is 31.3 Å². The Bertz CT molecular complexity index is 445. The van der Waals surface area contributed by atoms with Gasteiger partial charge in [0.1, 0.15) is 5.82 Å². The Morgan fingerprint density at radius 3 is 2.53 bits per heavy atom. The Labute approximate surface area is 117 Å². The molecular formula is C12H14BrF3N2O. The van der Waals surface area contributed by atoms with Gasteiger partial charge in [-0.15, -0.1) is 0 Å². The maximum Gasteiger partial charge on any atom is 0.417 e. The van der Waals surface area contributed by atoms with Crippen molar-refractivity contribution in [2.75, 3.05) is 25.1 Å². The van der Waals surface area contributed by atoms with Crippen molar-refractivity contribution < 1.29 is 17.9 Å². The van der Waals surface area contributed by atoms with Crippen LogP contribution in [0.25, 0.3) is 0 Å². The molecule has 3 nitrogen and oxygen atoms in total. The van der Waals surface area contributed by atoms with E-state index in [9.17, 15) is 13.2 Å². The van der Waals surface area contributed by atoms with Gasteiger partial charge in [-0.25, -0.2) is 4.98 Å². The van der Waals surface area contributed by atoms with Crippen LogP contribution < -0.4 is 4.90 Å². The zero-order chi connectivity index (χ0) is 14.0. The summed E-state index contributed by atoms with van der Waals surface area (Å²) in [7, 11) is 1.65. The molecule has 0 aliphatic carbocycles. The predicted octanol–water partition coefficient (Wildman–Crippen LogP) is 3.48. The van der Waals surface area contributed by atoms with Gasteiger partial charge in [0.15, 0.2) is 0 Å². The van der Waals surface area contributed by atoms with Gasteiger partial charge in [-0.05, 0) is 34.8 Å². The Balaban J connectivity index is 2.18.